The molecule has 4 nitrogen and oxygen atoms in total. The Hall–Kier alpha value is -2.63. The van der Waals surface area contributed by atoms with E-state index in [0.717, 1.165) is 6.07 Å². The van der Waals surface area contributed by atoms with E-state index in [1.54, 1.807) is 12.1 Å². The lowest BCUT2D eigenvalue weighted by molar-refractivity contribution is 0.0464. The predicted octanol–water partition coefficient (Wildman–Crippen LogP) is 2.91. The summed E-state index contributed by atoms with van der Waals surface area (Å²) in [5.74, 6) is -2.58. The van der Waals surface area contributed by atoms with Crippen molar-refractivity contribution < 1.29 is 23.0 Å². The molecule has 0 heterocycles. The molecule has 2 N–H and O–H groups in total. The van der Waals surface area contributed by atoms with E-state index in [0.29, 0.717) is 0 Å². The zero-order valence-electron chi connectivity index (χ0n) is 11.2. The highest BCUT2D eigenvalue weighted by atomic mass is 19.2. The second-order valence-corrected chi connectivity index (χ2v) is 4.22. The van der Waals surface area contributed by atoms with Gasteiger partial charge >= 0.3 is 5.97 Å². The van der Waals surface area contributed by atoms with E-state index in [1.807, 2.05) is 0 Å². The van der Waals surface area contributed by atoms with Gasteiger partial charge in [-0.15, -0.1) is 0 Å². The molecule has 2 rings (SSSR count). The number of hydrogen-bond acceptors (Lipinski definition) is 4. The van der Waals surface area contributed by atoms with Crippen molar-refractivity contribution in [2.75, 3.05) is 12.8 Å². The average Bonchev–Trinajstić information content (AvgIpc) is 2.48. The second kappa shape index (κ2) is 6.21. The first kappa shape index (κ1) is 14.8. The summed E-state index contributed by atoms with van der Waals surface area (Å²) in [7, 11) is 1.37. The monoisotopic (exact) mass is 293 g/mol. The van der Waals surface area contributed by atoms with E-state index in [4.69, 9.17) is 15.2 Å². The van der Waals surface area contributed by atoms with Crippen LogP contribution in [0.1, 0.15) is 15.9 Å². The summed E-state index contributed by atoms with van der Waals surface area (Å²) >= 11 is 0. The normalized spacial score (nSPS) is 10.2. The molecule has 110 valence electrons. The van der Waals surface area contributed by atoms with E-state index in [9.17, 15) is 13.6 Å². The number of benzene rings is 2. The number of rotatable bonds is 4. The maximum atomic E-state index is 13.5. The minimum absolute atomic E-state index is 0.0498. The number of nitrogen functional groups attached to an aromatic ring is 1. The molecule has 21 heavy (non-hydrogen) atoms. The van der Waals surface area contributed by atoms with Gasteiger partial charge in [-0.3, -0.25) is 0 Å². The van der Waals surface area contributed by atoms with Crippen molar-refractivity contribution in [2.24, 2.45) is 0 Å². The Balaban J connectivity index is 2.16. The highest BCUT2D eigenvalue weighted by Crippen LogP contribution is 2.26. The Kier molecular flexibility index (Phi) is 4.37. The third kappa shape index (κ3) is 3.10. The molecular weight excluding hydrogens is 280 g/mol. The van der Waals surface area contributed by atoms with Gasteiger partial charge in [-0.05, 0) is 18.2 Å². The van der Waals surface area contributed by atoms with Gasteiger partial charge in [-0.25, -0.2) is 13.6 Å². The lowest BCUT2D eigenvalue weighted by Crippen LogP contribution is -2.09. The van der Waals surface area contributed by atoms with E-state index < -0.39 is 17.6 Å². The van der Waals surface area contributed by atoms with Crippen molar-refractivity contribution in [3.63, 3.8) is 0 Å². The van der Waals surface area contributed by atoms with Crippen LogP contribution >= 0.6 is 0 Å². The number of anilines is 1. The van der Waals surface area contributed by atoms with Crippen LogP contribution < -0.4 is 10.5 Å². The molecule has 6 heteroatoms. The zero-order chi connectivity index (χ0) is 15.4. The summed E-state index contributed by atoms with van der Waals surface area (Å²) < 4.78 is 36.5. The molecule has 0 radical (unpaired) electrons. The number of nitrogens with two attached hydrogens (primary N) is 1. The minimum atomic E-state index is -1.04. The molecule has 0 aliphatic rings. The van der Waals surface area contributed by atoms with Crippen LogP contribution in [0.5, 0.6) is 5.75 Å². The fraction of sp³-hybridized carbons (Fsp3) is 0.133. The number of esters is 1. The molecule has 0 fully saturated rings. The summed E-state index contributed by atoms with van der Waals surface area (Å²) in [5, 5.41) is 0. The number of ether oxygens (including phenoxy) is 2. The molecule has 0 saturated carbocycles. The van der Waals surface area contributed by atoms with Gasteiger partial charge in [0.2, 0.25) is 0 Å². The molecule has 0 aliphatic heterocycles. The first-order valence-electron chi connectivity index (χ1n) is 6.07. The lowest BCUT2D eigenvalue weighted by Gasteiger charge is -2.11. The Labute approximate surface area is 120 Å². The first-order valence-corrected chi connectivity index (χ1v) is 6.07. The number of carbonyl (C=O) groups excluding carboxylic acids is 1. The van der Waals surface area contributed by atoms with Crippen molar-refractivity contribution in [1.82, 2.24) is 0 Å². The van der Waals surface area contributed by atoms with Gasteiger partial charge in [0.25, 0.3) is 0 Å². The van der Waals surface area contributed by atoms with Crippen molar-refractivity contribution in [3.8, 4) is 5.75 Å². The Morgan fingerprint density at radius 3 is 2.62 bits per heavy atom. The fourth-order valence-corrected chi connectivity index (χ4v) is 1.82. The van der Waals surface area contributed by atoms with Crippen LogP contribution in [0, 0.1) is 11.6 Å². The SMILES string of the molecule is COc1c(N)cccc1C(=O)OCc1cccc(F)c1F. The van der Waals surface area contributed by atoms with Crippen LogP contribution in [0.4, 0.5) is 14.5 Å². The zero-order valence-corrected chi connectivity index (χ0v) is 11.2. The second-order valence-electron chi connectivity index (χ2n) is 4.22. The molecule has 0 spiro atoms. The Morgan fingerprint density at radius 2 is 1.90 bits per heavy atom. The van der Waals surface area contributed by atoms with E-state index in [-0.39, 0.29) is 29.2 Å². The molecule has 0 amide bonds. The molecule has 0 bridgehead atoms. The molecule has 0 saturated heterocycles. The topological polar surface area (TPSA) is 61.5 Å². The third-order valence-corrected chi connectivity index (χ3v) is 2.86. The molecule has 0 unspecified atom stereocenters. The molecule has 0 aliphatic carbocycles. The highest BCUT2D eigenvalue weighted by molar-refractivity contribution is 5.94. The van der Waals surface area contributed by atoms with Gasteiger partial charge in [-0.1, -0.05) is 18.2 Å². The van der Waals surface area contributed by atoms with Crippen LogP contribution in [-0.4, -0.2) is 13.1 Å². The van der Waals surface area contributed by atoms with Crippen LogP contribution in [0.3, 0.4) is 0 Å². The van der Waals surface area contributed by atoms with Crippen molar-refractivity contribution in [2.45, 2.75) is 6.61 Å². The van der Waals surface area contributed by atoms with Gasteiger partial charge in [0.1, 0.15) is 12.2 Å². The summed E-state index contributed by atoms with van der Waals surface area (Å²) in [6.45, 7) is -0.389. The summed E-state index contributed by atoms with van der Waals surface area (Å²) in [6, 6.07) is 8.27. The molecule has 2 aromatic carbocycles. The number of carbonyl (C=O) groups is 1. The van der Waals surface area contributed by atoms with Crippen LogP contribution in [0.25, 0.3) is 0 Å². The summed E-state index contributed by atoms with van der Waals surface area (Å²) in [4.78, 5) is 12.0. The Morgan fingerprint density at radius 1 is 1.19 bits per heavy atom. The number of methoxy groups -OCH3 is 1. The summed E-state index contributed by atoms with van der Waals surface area (Å²) in [6.07, 6.45) is 0. The molecule has 2 aromatic rings. The molecule has 0 aromatic heterocycles. The van der Waals surface area contributed by atoms with Gasteiger partial charge < -0.3 is 15.2 Å². The minimum Gasteiger partial charge on any atom is -0.494 e. The van der Waals surface area contributed by atoms with Gasteiger partial charge in [0.05, 0.1) is 12.8 Å². The van der Waals surface area contributed by atoms with Crippen LogP contribution in [0.2, 0.25) is 0 Å². The number of halogens is 2. The molecular formula is C15H13F2NO3. The van der Waals surface area contributed by atoms with Gasteiger partial charge in [0, 0.05) is 5.56 Å². The molecule has 0 atom stereocenters. The van der Waals surface area contributed by atoms with Crippen molar-refractivity contribution in [1.29, 1.82) is 0 Å². The van der Waals surface area contributed by atoms with E-state index in [1.165, 1.54) is 25.3 Å². The van der Waals surface area contributed by atoms with E-state index >= 15 is 0 Å². The van der Waals surface area contributed by atoms with Gasteiger partial charge in [-0.2, -0.15) is 0 Å². The predicted molar refractivity (Wildman–Crippen MR) is 72.9 cm³/mol. The maximum absolute atomic E-state index is 13.5. The maximum Gasteiger partial charge on any atom is 0.342 e. The highest BCUT2D eigenvalue weighted by Gasteiger charge is 2.17. The lowest BCUT2D eigenvalue weighted by atomic mass is 10.1. The standard InChI is InChI=1S/C15H13F2NO3/c1-20-14-10(5-3-7-12(14)18)15(19)21-8-9-4-2-6-11(16)13(9)17/h2-7H,8,18H2,1H3. The van der Waals surface area contributed by atoms with Crippen LogP contribution in [-0.2, 0) is 11.3 Å². The Bertz CT molecular complexity index is 674. The smallest absolute Gasteiger partial charge is 0.342 e. The number of hydrogen-bond donors (Lipinski definition) is 1. The summed E-state index contributed by atoms with van der Waals surface area (Å²) in [5.41, 5.74) is 6.03. The first-order chi connectivity index (χ1) is 10.0. The average molecular weight is 293 g/mol. The van der Waals surface area contributed by atoms with Gasteiger partial charge in [0.15, 0.2) is 17.4 Å². The van der Waals surface area contributed by atoms with Crippen molar-refractivity contribution in [3.05, 3.63) is 59.2 Å². The van der Waals surface area contributed by atoms with Crippen LogP contribution in [0.15, 0.2) is 36.4 Å². The van der Waals surface area contributed by atoms with Crippen molar-refractivity contribution >= 4 is 11.7 Å². The number of para-hydroxylation sites is 1. The van der Waals surface area contributed by atoms with E-state index in [2.05, 4.69) is 0 Å². The largest absolute Gasteiger partial charge is 0.494 e. The fourth-order valence-electron chi connectivity index (χ4n) is 1.82. The quantitative estimate of drug-likeness (QED) is 0.695. The third-order valence-electron chi connectivity index (χ3n) is 2.86.